The van der Waals surface area contributed by atoms with E-state index in [-0.39, 0.29) is 11.1 Å². The van der Waals surface area contributed by atoms with E-state index in [4.69, 9.17) is 14.2 Å². The number of Topliss-reactive ketones (excluding diaryl/α,β-unsaturated/α-hetero) is 1. The molecule has 8 nitrogen and oxygen atoms in total. The van der Waals surface area contributed by atoms with E-state index in [0.29, 0.717) is 35.9 Å². The largest absolute Gasteiger partial charge is 0.872 e. The molecular formula is C24H28N2O6. The van der Waals surface area contributed by atoms with Crippen molar-refractivity contribution in [3.63, 3.8) is 0 Å². The number of likely N-dealkylation sites (N-methyl/N-ethyl adjacent to an activating group) is 1. The van der Waals surface area contributed by atoms with Crippen molar-refractivity contribution in [3.05, 3.63) is 59.2 Å². The van der Waals surface area contributed by atoms with E-state index in [2.05, 4.69) is 0 Å². The van der Waals surface area contributed by atoms with Crippen molar-refractivity contribution in [2.24, 2.45) is 0 Å². The maximum atomic E-state index is 13.5. The van der Waals surface area contributed by atoms with Gasteiger partial charge in [-0.15, -0.1) is 0 Å². The number of benzene rings is 2. The Labute approximate surface area is 187 Å². The molecule has 2 aromatic carbocycles. The van der Waals surface area contributed by atoms with Crippen LogP contribution in [0.15, 0.2) is 48.0 Å². The van der Waals surface area contributed by atoms with Gasteiger partial charge in [0.15, 0.2) is 11.5 Å². The first-order valence-electron chi connectivity index (χ1n) is 10.2. The van der Waals surface area contributed by atoms with Crippen molar-refractivity contribution in [1.29, 1.82) is 0 Å². The van der Waals surface area contributed by atoms with Crippen LogP contribution in [0, 0.1) is 0 Å². The number of para-hydroxylation sites is 1. The molecule has 1 amide bonds. The number of hydrogen-bond donors (Lipinski definition) is 1. The molecule has 0 saturated carbocycles. The van der Waals surface area contributed by atoms with Crippen LogP contribution in [-0.4, -0.2) is 65.1 Å². The van der Waals surface area contributed by atoms with Gasteiger partial charge in [-0.2, -0.15) is 0 Å². The smallest absolute Gasteiger partial charge is 0.295 e. The summed E-state index contributed by atoms with van der Waals surface area (Å²) in [5.74, 6) is -0.716. The van der Waals surface area contributed by atoms with Gasteiger partial charge in [0.1, 0.15) is 5.75 Å². The van der Waals surface area contributed by atoms with E-state index in [9.17, 15) is 14.7 Å². The molecule has 3 rings (SSSR count). The van der Waals surface area contributed by atoms with Crippen LogP contribution in [0.4, 0.5) is 0 Å². The van der Waals surface area contributed by atoms with E-state index in [1.54, 1.807) is 42.5 Å². The number of rotatable bonds is 8. The lowest BCUT2D eigenvalue weighted by atomic mass is 9.94. The van der Waals surface area contributed by atoms with Gasteiger partial charge in [0, 0.05) is 11.1 Å². The molecule has 1 unspecified atom stereocenters. The van der Waals surface area contributed by atoms with E-state index in [0.717, 1.165) is 4.90 Å². The molecule has 2 aromatic rings. The molecule has 0 aromatic heterocycles. The fourth-order valence-electron chi connectivity index (χ4n) is 3.82. The summed E-state index contributed by atoms with van der Waals surface area (Å²) >= 11 is 0. The SMILES string of the molecule is COc1cccc(C([O-])=C2C(=O)C(=O)N(CC[NH+](C)C)C2c2cccc(OC)c2OC)c1. The van der Waals surface area contributed by atoms with E-state index in [1.807, 2.05) is 14.1 Å². The van der Waals surface area contributed by atoms with Gasteiger partial charge < -0.3 is 29.1 Å². The zero-order valence-corrected chi connectivity index (χ0v) is 18.9. The molecule has 0 spiro atoms. The summed E-state index contributed by atoms with van der Waals surface area (Å²) in [7, 11) is 8.39. The first-order valence-corrected chi connectivity index (χ1v) is 10.2. The van der Waals surface area contributed by atoms with Crippen molar-refractivity contribution < 1.29 is 33.8 Å². The topological polar surface area (TPSA) is 92.6 Å². The third kappa shape index (κ3) is 4.27. The Morgan fingerprint density at radius 3 is 2.38 bits per heavy atom. The zero-order valence-electron chi connectivity index (χ0n) is 18.9. The first-order chi connectivity index (χ1) is 15.3. The van der Waals surface area contributed by atoms with Crippen LogP contribution in [0.1, 0.15) is 17.2 Å². The lowest BCUT2D eigenvalue weighted by molar-refractivity contribution is -0.857. The lowest BCUT2D eigenvalue weighted by Gasteiger charge is -2.29. The third-order valence-corrected chi connectivity index (χ3v) is 5.44. The minimum absolute atomic E-state index is 0.108. The van der Waals surface area contributed by atoms with Gasteiger partial charge in [0.05, 0.1) is 54.6 Å². The number of quaternary nitrogens is 1. The van der Waals surface area contributed by atoms with E-state index in [1.165, 1.54) is 26.2 Å². The van der Waals surface area contributed by atoms with Gasteiger partial charge >= 0.3 is 0 Å². The van der Waals surface area contributed by atoms with Crippen molar-refractivity contribution in [2.45, 2.75) is 6.04 Å². The number of ether oxygens (including phenoxy) is 3. The maximum Gasteiger partial charge on any atom is 0.295 e. The summed E-state index contributed by atoms with van der Waals surface area (Å²) in [5, 5.41) is 13.5. The molecule has 8 heteroatoms. The second-order valence-corrected chi connectivity index (χ2v) is 7.74. The molecule has 1 aliphatic heterocycles. The highest BCUT2D eigenvalue weighted by atomic mass is 16.5. The quantitative estimate of drug-likeness (QED) is 0.355. The van der Waals surface area contributed by atoms with E-state index < -0.39 is 23.5 Å². The molecule has 1 heterocycles. The molecule has 32 heavy (non-hydrogen) atoms. The fraction of sp³-hybridized carbons (Fsp3) is 0.333. The standard InChI is InChI=1S/C24H28N2O6/c1-25(2)12-13-26-20(17-10-7-11-18(31-4)23(17)32-5)19(22(28)24(26)29)21(27)15-8-6-9-16(14-15)30-3/h6-11,14,20,27H,12-13H2,1-5H3. The summed E-state index contributed by atoms with van der Waals surface area (Å²) in [4.78, 5) is 28.7. The average Bonchev–Trinajstić information content (AvgIpc) is 3.06. The van der Waals surface area contributed by atoms with Crippen LogP contribution in [0.2, 0.25) is 0 Å². The van der Waals surface area contributed by atoms with Crippen molar-refractivity contribution in [3.8, 4) is 17.2 Å². The Balaban J connectivity index is 2.25. The monoisotopic (exact) mass is 440 g/mol. The van der Waals surface area contributed by atoms with Gasteiger partial charge in [-0.25, -0.2) is 0 Å². The fourth-order valence-corrected chi connectivity index (χ4v) is 3.82. The zero-order chi connectivity index (χ0) is 23.4. The molecule has 1 saturated heterocycles. The van der Waals surface area contributed by atoms with Gasteiger partial charge in [-0.05, 0) is 23.8 Å². The average molecular weight is 440 g/mol. The second kappa shape index (κ2) is 9.74. The highest BCUT2D eigenvalue weighted by Gasteiger charge is 2.45. The first kappa shape index (κ1) is 23.1. The predicted molar refractivity (Wildman–Crippen MR) is 117 cm³/mol. The summed E-state index contributed by atoms with van der Waals surface area (Å²) in [6.07, 6.45) is 0. The number of methoxy groups -OCH3 is 3. The van der Waals surface area contributed by atoms with Gasteiger partial charge in [-0.1, -0.05) is 30.0 Å². The summed E-state index contributed by atoms with van der Waals surface area (Å²) in [6, 6.07) is 10.8. The highest BCUT2D eigenvalue weighted by molar-refractivity contribution is 6.46. The maximum absolute atomic E-state index is 13.5. The van der Waals surface area contributed by atoms with Crippen molar-refractivity contribution in [2.75, 3.05) is 48.5 Å². The number of amides is 1. The third-order valence-electron chi connectivity index (χ3n) is 5.44. The Morgan fingerprint density at radius 2 is 1.75 bits per heavy atom. The number of hydrogen-bond acceptors (Lipinski definition) is 6. The van der Waals surface area contributed by atoms with E-state index >= 15 is 0 Å². The number of carbonyl (C=O) groups excluding carboxylic acids is 2. The number of ketones is 1. The van der Waals surface area contributed by atoms with Crippen LogP contribution in [-0.2, 0) is 9.59 Å². The Kier molecular flexibility index (Phi) is 7.05. The molecule has 1 atom stereocenters. The molecule has 0 aliphatic carbocycles. The minimum atomic E-state index is -0.891. The lowest BCUT2D eigenvalue weighted by Crippen LogP contribution is -3.06. The normalized spacial score (nSPS) is 17.7. The molecule has 1 N–H and O–H groups in total. The van der Waals surface area contributed by atoms with Crippen LogP contribution in [0.3, 0.4) is 0 Å². The van der Waals surface area contributed by atoms with Crippen LogP contribution >= 0.6 is 0 Å². The molecule has 1 aliphatic rings. The summed E-state index contributed by atoms with van der Waals surface area (Å²) < 4.78 is 16.2. The molecule has 0 bridgehead atoms. The summed E-state index contributed by atoms with van der Waals surface area (Å²) in [5.41, 5.74) is 0.682. The van der Waals surface area contributed by atoms with Crippen LogP contribution in [0.5, 0.6) is 17.2 Å². The Morgan fingerprint density at radius 1 is 1.03 bits per heavy atom. The number of nitrogens with zero attached hydrogens (tertiary/aromatic N) is 1. The van der Waals surface area contributed by atoms with Crippen molar-refractivity contribution >= 4 is 17.4 Å². The van der Waals surface area contributed by atoms with Crippen molar-refractivity contribution in [1.82, 2.24) is 4.90 Å². The Bertz CT molecular complexity index is 1050. The second-order valence-electron chi connectivity index (χ2n) is 7.74. The van der Waals surface area contributed by atoms with Crippen LogP contribution < -0.4 is 24.2 Å². The van der Waals surface area contributed by atoms with Crippen LogP contribution in [0.25, 0.3) is 5.76 Å². The number of carbonyl (C=O) groups is 2. The number of likely N-dealkylation sites (tertiary alicyclic amines) is 1. The number of nitrogens with one attached hydrogen (secondary N) is 1. The van der Waals surface area contributed by atoms with Gasteiger partial charge in [0.25, 0.3) is 5.91 Å². The Hall–Kier alpha value is -3.52. The van der Waals surface area contributed by atoms with Gasteiger partial charge in [-0.3, -0.25) is 9.59 Å². The minimum Gasteiger partial charge on any atom is -0.872 e. The molecule has 170 valence electrons. The van der Waals surface area contributed by atoms with Gasteiger partial charge in [0.2, 0.25) is 5.78 Å². The molecule has 1 fully saturated rings. The molecular weight excluding hydrogens is 412 g/mol. The predicted octanol–water partition coefficient (Wildman–Crippen LogP) is 0.0809. The highest BCUT2D eigenvalue weighted by Crippen LogP contribution is 2.45. The molecule has 0 radical (unpaired) electrons. The summed E-state index contributed by atoms with van der Waals surface area (Å²) in [6.45, 7) is 0.898.